The largest absolute Gasteiger partial charge is 0.464 e. The highest BCUT2D eigenvalue weighted by molar-refractivity contribution is 6.35. The average Bonchev–Trinajstić information content (AvgIpc) is 3.44. The summed E-state index contributed by atoms with van der Waals surface area (Å²) < 4.78 is 21.7. The second-order valence-corrected chi connectivity index (χ2v) is 7.83. The Morgan fingerprint density at radius 3 is 2.97 bits per heavy atom. The molecular formula is C21H22ClFN4O3. The van der Waals surface area contributed by atoms with Crippen LogP contribution in [0.4, 0.5) is 4.39 Å². The van der Waals surface area contributed by atoms with Crippen LogP contribution in [0.3, 0.4) is 0 Å². The van der Waals surface area contributed by atoms with Crippen molar-refractivity contribution in [2.75, 3.05) is 20.2 Å². The molecule has 1 atom stereocenters. The number of ether oxygens (including phenoxy) is 1. The third-order valence-corrected chi connectivity index (χ3v) is 5.88. The minimum absolute atomic E-state index is 0.0237. The van der Waals surface area contributed by atoms with E-state index in [1.165, 1.54) is 13.2 Å². The number of esters is 1. The molecule has 1 saturated heterocycles. The predicted molar refractivity (Wildman–Crippen MR) is 110 cm³/mol. The van der Waals surface area contributed by atoms with Crippen molar-refractivity contribution >= 4 is 34.4 Å². The highest BCUT2D eigenvalue weighted by Gasteiger charge is 2.28. The molecule has 1 aliphatic heterocycles. The lowest BCUT2D eigenvalue weighted by Crippen LogP contribution is -2.39. The van der Waals surface area contributed by atoms with Crippen molar-refractivity contribution < 1.29 is 18.7 Å². The van der Waals surface area contributed by atoms with Crippen LogP contribution in [0.5, 0.6) is 0 Å². The zero-order valence-electron chi connectivity index (χ0n) is 16.5. The van der Waals surface area contributed by atoms with E-state index in [9.17, 15) is 9.59 Å². The van der Waals surface area contributed by atoms with Crippen LogP contribution in [0, 0.1) is 5.82 Å². The lowest BCUT2D eigenvalue weighted by molar-refractivity contribution is -0.132. The van der Waals surface area contributed by atoms with Gasteiger partial charge < -0.3 is 14.6 Å². The van der Waals surface area contributed by atoms with Crippen LogP contribution in [0.1, 0.15) is 41.2 Å². The fraction of sp³-hybridized carbons (Fsp3) is 0.381. The van der Waals surface area contributed by atoms with Gasteiger partial charge in [0.05, 0.1) is 17.6 Å². The number of hydrogen-bond donors (Lipinski definition) is 1. The highest BCUT2D eigenvalue weighted by Crippen LogP contribution is 2.36. The van der Waals surface area contributed by atoms with Crippen molar-refractivity contribution in [1.82, 2.24) is 19.7 Å². The molecule has 0 saturated carbocycles. The minimum atomic E-state index is -0.588. The number of amides is 1. The summed E-state index contributed by atoms with van der Waals surface area (Å²) in [6, 6.07) is 4.91. The van der Waals surface area contributed by atoms with Gasteiger partial charge in [0.1, 0.15) is 5.69 Å². The summed E-state index contributed by atoms with van der Waals surface area (Å²) in [6.45, 7) is 1.60. The molecular weight excluding hydrogens is 411 g/mol. The summed E-state index contributed by atoms with van der Waals surface area (Å²) >= 11 is 6.39. The molecule has 2 aromatic heterocycles. The minimum Gasteiger partial charge on any atom is -0.464 e. The number of rotatable bonds is 5. The normalized spacial score (nSPS) is 16.8. The number of nitrogens with zero attached hydrogens (tertiary/aromatic N) is 3. The number of benzene rings is 1. The molecule has 30 heavy (non-hydrogen) atoms. The van der Waals surface area contributed by atoms with Gasteiger partial charge >= 0.3 is 5.97 Å². The number of H-pyrrole nitrogens is 1. The number of carbonyl (C=O) groups excluding carboxylic acids is 2. The number of piperidine rings is 1. The van der Waals surface area contributed by atoms with Crippen LogP contribution in [0.15, 0.2) is 30.6 Å². The summed E-state index contributed by atoms with van der Waals surface area (Å²) in [4.78, 5) is 29.0. The van der Waals surface area contributed by atoms with E-state index in [4.69, 9.17) is 16.3 Å². The molecule has 1 fully saturated rings. The Kier molecular flexibility index (Phi) is 5.76. The van der Waals surface area contributed by atoms with E-state index in [2.05, 4.69) is 10.1 Å². The number of aromatic amines is 1. The zero-order chi connectivity index (χ0) is 21.3. The molecule has 0 spiro atoms. The maximum Gasteiger partial charge on any atom is 0.354 e. The number of likely N-dealkylation sites (tertiary alicyclic amines) is 1. The van der Waals surface area contributed by atoms with Crippen LogP contribution >= 0.6 is 11.6 Å². The average molecular weight is 433 g/mol. The zero-order valence-corrected chi connectivity index (χ0v) is 17.3. The first-order valence-electron chi connectivity index (χ1n) is 9.82. The molecule has 9 heteroatoms. The molecule has 0 radical (unpaired) electrons. The number of fused-ring (bicyclic) bond motifs is 1. The smallest absolute Gasteiger partial charge is 0.354 e. The van der Waals surface area contributed by atoms with Crippen LogP contribution < -0.4 is 0 Å². The van der Waals surface area contributed by atoms with E-state index in [1.807, 2.05) is 12.3 Å². The Labute approximate surface area is 177 Å². The SMILES string of the molecule is COC(=O)c1cc2c(Cl)cc([C@H]3CCCN(C(=O)CCn4cccn4)C3)c(F)c2[nH]1. The monoisotopic (exact) mass is 432 g/mol. The molecule has 4 rings (SSSR count). The molecule has 158 valence electrons. The maximum absolute atomic E-state index is 15.3. The summed E-state index contributed by atoms with van der Waals surface area (Å²) in [5, 5.41) is 4.90. The molecule has 3 aromatic rings. The van der Waals surface area contributed by atoms with E-state index in [0.717, 1.165) is 12.8 Å². The Hall–Kier alpha value is -2.87. The van der Waals surface area contributed by atoms with Crippen LogP contribution in [-0.4, -0.2) is 51.7 Å². The first kappa shape index (κ1) is 20.4. The third-order valence-electron chi connectivity index (χ3n) is 5.56. The summed E-state index contributed by atoms with van der Waals surface area (Å²) in [5.41, 5.74) is 0.778. The number of hydrogen-bond acceptors (Lipinski definition) is 4. The standard InChI is InChI=1S/C21H22ClFN4O3/c1-30-21(29)17-11-15-16(22)10-14(19(23)20(15)25-17)13-4-2-7-26(12-13)18(28)5-9-27-8-3-6-24-27/h3,6,8,10-11,13,25H,2,4-5,7,9,12H2,1H3/t13-/m0/s1. The van der Waals surface area contributed by atoms with Crippen molar-refractivity contribution in [2.24, 2.45) is 0 Å². The Balaban J connectivity index is 1.54. The third kappa shape index (κ3) is 3.92. The van der Waals surface area contributed by atoms with Gasteiger partial charge in [0, 0.05) is 49.8 Å². The van der Waals surface area contributed by atoms with E-state index in [-0.39, 0.29) is 23.0 Å². The molecule has 0 aliphatic carbocycles. The molecule has 1 N–H and O–H groups in total. The Bertz CT molecular complexity index is 1080. The first-order valence-corrected chi connectivity index (χ1v) is 10.2. The summed E-state index contributed by atoms with van der Waals surface area (Å²) in [5.74, 6) is -1.18. The Morgan fingerprint density at radius 1 is 1.40 bits per heavy atom. The fourth-order valence-corrected chi connectivity index (χ4v) is 4.28. The number of aromatic nitrogens is 3. The lowest BCUT2D eigenvalue weighted by Gasteiger charge is -2.33. The first-order chi connectivity index (χ1) is 14.5. The van der Waals surface area contributed by atoms with Gasteiger partial charge in [-0.15, -0.1) is 0 Å². The maximum atomic E-state index is 15.3. The van der Waals surface area contributed by atoms with E-state index in [0.29, 0.717) is 42.0 Å². The van der Waals surface area contributed by atoms with Gasteiger partial charge in [-0.1, -0.05) is 11.6 Å². The number of carbonyl (C=O) groups is 2. The summed E-state index contributed by atoms with van der Waals surface area (Å²) in [7, 11) is 1.26. The molecule has 0 bridgehead atoms. The molecule has 1 aromatic carbocycles. The molecule has 3 heterocycles. The van der Waals surface area contributed by atoms with Gasteiger partial charge in [-0.2, -0.15) is 5.10 Å². The number of nitrogens with one attached hydrogen (secondary N) is 1. The topological polar surface area (TPSA) is 80.2 Å². The van der Waals surface area contributed by atoms with Gasteiger partial charge in [-0.25, -0.2) is 9.18 Å². The van der Waals surface area contributed by atoms with Crippen molar-refractivity contribution in [3.63, 3.8) is 0 Å². The van der Waals surface area contributed by atoms with E-state index >= 15 is 4.39 Å². The lowest BCUT2D eigenvalue weighted by atomic mass is 9.89. The van der Waals surface area contributed by atoms with E-state index < -0.39 is 11.8 Å². The number of aryl methyl sites for hydroxylation is 1. The number of methoxy groups -OCH3 is 1. The fourth-order valence-electron chi connectivity index (χ4n) is 4.01. The molecule has 1 aliphatic rings. The quantitative estimate of drug-likeness (QED) is 0.623. The molecule has 0 unspecified atom stereocenters. The van der Waals surface area contributed by atoms with Crippen molar-refractivity contribution in [2.45, 2.75) is 31.7 Å². The number of halogens is 2. The van der Waals surface area contributed by atoms with Crippen molar-refractivity contribution in [3.8, 4) is 0 Å². The molecule has 7 nitrogen and oxygen atoms in total. The Morgan fingerprint density at radius 2 is 2.23 bits per heavy atom. The van der Waals surface area contributed by atoms with Gasteiger partial charge in [-0.3, -0.25) is 9.48 Å². The van der Waals surface area contributed by atoms with Crippen LogP contribution in [0.2, 0.25) is 5.02 Å². The van der Waals surface area contributed by atoms with Crippen molar-refractivity contribution in [3.05, 3.63) is 52.7 Å². The second kappa shape index (κ2) is 8.47. The van der Waals surface area contributed by atoms with Crippen LogP contribution in [0.25, 0.3) is 10.9 Å². The van der Waals surface area contributed by atoms with Gasteiger partial charge in [0.15, 0.2) is 5.82 Å². The van der Waals surface area contributed by atoms with Gasteiger partial charge in [0.2, 0.25) is 5.91 Å². The second-order valence-electron chi connectivity index (χ2n) is 7.42. The highest BCUT2D eigenvalue weighted by atomic mass is 35.5. The predicted octanol–water partition coefficient (Wildman–Crippen LogP) is 3.74. The van der Waals surface area contributed by atoms with Crippen molar-refractivity contribution in [1.29, 1.82) is 0 Å². The van der Waals surface area contributed by atoms with E-state index in [1.54, 1.807) is 21.8 Å². The van der Waals surface area contributed by atoms with Crippen LogP contribution in [-0.2, 0) is 16.1 Å². The van der Waals surface area contributed by atoms with Gasteiger partial charge in [-0.05, 0) is 36.6 Å². The molecule has 1 amide bonds. The van der Waals surface area contributed by atoms with Gasteiger partial charge in [0.25, 0.3) is 0 Å². The summed E-state index contributed by atoms with van der Waals surface area (Å²) in [6.07, 6.45) is 5.38.